The van der Waals surface area contributed by atoms with Crippen molar-refractivity contribution < 1.29 is 23.8 Å². The molecule has 0 fully saturated rings. The lowest BCUT2D eigenvalue weighted by Crippen LogP contribution is -2.08. The van der Waals surface area contributed by atoms with Crippen LogP contribution in [0.25, 0.3) is 6.08 Å². The Labute approximate surface area is 181 Å². The molecule has 0 bridgehead atoms. The number of hydrogen-bond acceptors (Lipinski definition) is 6. The predicted molar refractivity (Wildman–Crippen MR) is 113 cm³/mol. The smallest absolute Gasteiger partial charge is 0.363 e. The molecule has 1 aliphatic heterocycles. The third-order valence-corrected chi connectivity index (χ3v) is 4.75. The summed E-state index contributed by atoms with van der Waals surface area (Å²) in [5.74, 6) is -0.338. The zero-order valence-corrected chi connectivity index (χ0v) is 18.0. The first kappa shape index (κ1) is 21.1. The van der Waals surface area contributed by atoms with Crippen LogP contribution < -0.4 is 9.47 Å². The first-order valence-electron chi connectivity index (χ1n) is 8.78. The van der Waals surface area contributed by atoms with Gasteiger partial charge in [0.25, 0.3) is 0 Å². The summed E-state index contributed by atoms with van der Waals surface area (Å²) >= 11 is 9.63. The predicted octanol–water partition coefficient (Wildman–Crippen LogP) is 5.16. The summed E-state index contributed by atoms with van der Waals surface area (Å²) in [4.78, 5) is 28.3. The number of aliphatic imine (C=N–C) groups is 1. The molecular formula is C21H17BrClNO5. The largest absolute Gasteiger partial charge is 0.493 e. The van der Waals surface area contributed by atoms with Crippen molar-refractivity contribution >= 4 is 51.4 Å². The molecule has 0 radical (unpaired) electrons. The maximum Gasteiger partial charge on any atom is 0.363 e. The Morgan fingerprint density at radius 1 is 1.28 bits per heavy atom. The van der Waals surface area contributed by atoms with Gasteiger partial charge in [0.05, 0.1) is 12.1 Å². The van der Waals surface area contributed by atoms with E-state index in [9.17, 15) is 9.59 Å². The number of cyclic esters (lactones) is 1. The second-order valence-electron chi connectivity index (χ2n) is 6.10. The number of halogens is 2. The van der Waals surface area contributed by atoms with Gasteiger partial charge in [0.1, 0.15) is 0 Å². The molecule has 0 N–H and O–H groups in total. The molecule has 0 aliphatic carbocycles. The first-order chi connectivity index (χ1) is 13.9. The Morgan fingerprint density at radius 2 is 2.00 bits per heavy atom. The molecule has 2 aromatic carbocycles. The van der Waals surface area contributed by atoms with Crippen LogP contribution in [0.5, 0.6) is 11.5 Å². The highest BCUT2D eigenvalue weighted by Gasteiger charge is 2.24. The standard InChI is InChI=1S/C21H17BrClNO5/c1-3-4-18(25)28-19-15(23)9-12(11-17(19)27-2)10-16-21(26)29-20(24-16)13-5-7-14(22)8-6-13/h5-11H,3-4H2,1-2H3/b16-10-. The average Bonchev–Trinajstić information content (AvgIpc) is 3.04. The summed E-state index contributed by atoms with van der Waals surface area (Å²) in [7, 11) is 1.44. The van der Waals surface area contributed by atoms with Gasteiger partial charge in [0, 0.05) is 16.5 Å². The van der Waals surface area contributed by atoms with E-state index in [1.54, 1.807) is 24.3 Å². The van der Waals surface area contributed by atoms with Crippen molar-refractivity contribution in [2.24, 2.45) is 4.99 Å². The Kier molecular flexibility index (Phi) is 6.71. The number of hydrogen-bond donors (Lipinski definition) is 0. The number of esters is 2. The van der Waals surface area contributed by atoms with E-state index in [0.717, 1.165) is 4.47 Å². The minimum Gasteiger partial charge on any atom is -0.493 e. The van der Waals surface area contributed by atoms with Gasteiger partial charge in [0.15, 0.2) is 17.2 Å². The van der Waals surface area contributed by atoms with E-state index in [1.165, 1.54) is 13.2 Å². The van der Waals surface area contributed by atoms with E-state index >= 15 is 0 Å². The highest BCUT2D eigenvalue weighted by atomic mass is 79.9. The molecule has 0 unspecified atom stereocenters. The van der Waals surface area contributed by atoms with Crippen LogP contribution in [0.2, 0.25) is 5.02 Å². The molecule has 0 saturated heterocycles. The monoisotopic (exact) mass is 477 g/mol. The average molecular weight is 479 g/mol. The number of carbonyl (C=O) groups is 2. The second-order valence-corrected chi connectivity index (χ2v) is 7.42. The van der Waals surface area contributed by atoms with Crippen molar-refractivity contribution in [2.45, 2.75) is 19.8 Å². The lowest BCUT2D eigenvalue weighted by atomic mass is 10.1. The van der Waals surface area contributed by atoms with E-state index in [4.69, 9.17) is 25.8 Å². The first-order valence-corrected chi connectivity index (χ1v) is 9.95. The molecule has 0 atom stereocenters. The number of rotatable bonds is 6. The summed E-state index contributed by atoms with van der Waals surface area (Å²) in [6.07, 6.45) is 2.45. The zero-order valence-electron chi connectivity index (χ0n) is 15.7. The van der Waals surface area contributed by atoms with Crippen molar-refractivity contribution in [3.63, 3.8) is 0 Å². The fourth-order valence-corrected chi connectivity index (χ4v) is 3.10. The molecule has 2 aromatic rings. The van der Waals surface area contributed by atoms with Crippen LogP contribution >= 0.6 is 27.5 Å². The van der Waals surface area contributed by atoms with Gasteiger partial charge in [-0.3, -0.25) is 4.79 Å². The summed E-state index contributed by atoms with van der Waals surface area (Å²) in [5.41, 5.74) is 1.35. The normalized spacial score (nSPS) is 14.6. The summed E-state index contributed by atoms with van der Waals surface area (Å²) in [6, 6.07) is 10.4. The molecule has 6 nitrogen and oxygen atoms in total. The van der Waals surface area contributed by atoms with Crippen LogP contribution in [0.4, 0.5) is 0 Å². The quantitative estimate of drug-likeness (QED) is 0.326. The molecule has 3 rings (SSSR count). The van der Waals surface area contributed by atoms with Crippen molar-refractivity contribution in [3.05, 3.63) is 62.7 Å². The lowest BCUT2D eigenvalue weighted by Gasteiger charge is -2.11. The molecule has 1 heterocycles. The highest BCUT2D eigenvalue weighted by Crippen LogP contribution is 2.37. The maximum atomic E-state index is 12.2. The summed E-state index contributed by atoms with van der Waals surface area (Å²) in [5, 5.41) is 0.184. The Balaban J connectivity index is 1.91. The molecule has 0 amide bonds. The van der Waals surface area contributed by atoms with Crippen molar-refractivity contribution in [1.29, 1.82) is 0 Å². The van der Waals surface area contributed by atoms with Gasteiger partial charge in [-0.1, -0.05) is 34.5 Å². The number of methoxy groups -OCH3 is 1. The van der Waals surface area contributed by atoms with Gasteiger partial charge in [-0.25, -0.2) is 9.79 Å². The van der Waals surface area contributed by atoms with E-state index in [2.05, 4.69) is 20.9 Å². The van der Waals surface area contributed by atoms with Gasteiger partial charge in [-0.05, 0) is 54.5 Å². The second kappa shape index (κ2) is 9.24. The fraction of sp³-hybridized carbons (Fsp3) is 0.190. The van der Waals surface area contributed by atoms with Crippen LogP contribution in [0.3, 0.4) is 0 Å². The van der Waals surface area contributed by atoms with Gasteiger partial charge in [-0.2, -0.15) is 0 Å². The van der Waals surface area contributed by atoms with Crippen molar-refractivity contribution in [3.8, 4) is 11.5 Å². The van der Waals surface area contributed by atoms with E-state index in [0.29, 0.717) is 17.5 Å². The number of nitrogens with zero attached hydrogens (tertiary/aromatic N) is 1. The minimum atomic E-state index is -0.573. The topological polar surface area (TPSA) is 74.2 Å². The molecule has 0 spiro atoms. The Hall–Kier alpha value is -2.64. The van der Waals surface area contributed by atoms with Crippen LogP contribution in [0.15, 0.2) is 51.6 Å². The third-order valence-electron chi connectivity index (χ3n) is 3.94. The van der Waals surface area contributed by atoms with E-state index in [-0.39, 0.29) is 34.5 Å². The summed E-state index contributed by atoms with van der Waals surface area (Å²) < 4.78 is 16.8. The van der Waals surface area contributed by atoms with Crippen LogP contribution in [0.1, 0.15) is 30.9 Å². The van der Waals surface area contributed by atoms with Gasteiger partial charge < -0.3 is 14.2 Å². The minimum absolute atomic E-state index is 0.122. The molecule has 150 valence electrons. The van der Waals surface area contributed by atoms with Crippen molar-refractivity contribution in [1.82, 2.24) is 0 Å². The zero-order chi connectivity index (χ0) is 21.0. The molecule has 0 saturated carbocycles. The van der Waals surface area contributed by atoms with E-state index in [1.807, 2.05) is 19.1 Å². The van der Waals surface area contributed by atoms with Crippen LogP contribution in [-0.2, 0) is 14.3 Å². The molecule has 0 aromatic heterocycles. The van der Waals surface area contributed by atoms with Gasteiger partial charge in [-0.15, -0.1) is 0 Å². The third kappa shape index (κ3) is 5.05. The Morgan fingerprint density at radius 3 is 2.66 bits per heavy atom. The van der Waals surface area contributed by atoms with E-state index < -0.39 is 11.9 Å². The molecule has 29 heavy (non-hydrogen) atoms. The number of carbonyl (C=O) groups excluding carboxylic acids is 2. The molecule has 1 aliphatic rings. The maximum absolute atomic E-state index is 12.2. The lowest BCUT2D eigenvalue weighted by molar-refractivity contribution is -0.134. The van der Waals surface area contributed by atoms with Crippen molar-refractivity contribution in [2.75, 3.05) is 7.11 Å². The molecular weight excluding hydrogens is 462 g/mol. The molecule has 8 heteroatoms. The van der Waals surface area contributed by atoms with Gasteiger partial charge in [0.2, 0.25) is 5.90 Å². The van der Waals surface area contributed by atoms with Gasteiger partial charge >= 0.3 is 11.9 Å². The van der Waals surface area contributed by atoms with Crippen LogP contribution in [0, 0.1) is 0 Å². The highest BCUT2D eigenvalue weighted by molar-refractivity contribution is 9.10. The summed E-state index contributed by atoms with van der Waals surface area (Å²) in [6.45, 7) is 1.87. The van der Waals surface area contributed by atoms with Crippen LogP contribution in [-0.4, -0.2) is 24.9 Å². The number of benzene rings is 2. The Bertz CT molecular complexity index is 1010. The fourth-order valence-electron chi connectivity index (χ4n) is 2.57. The number of ether oxygens (including phenoxy) is 3. The SMILES string of the molecule is CCCC(=O)Oc1c(Cl)cc(/C=C2\N=C(c3ccc(Br)cc3)OC2=O)cc1OC.